The number of nitrogens with zero attached hydrogens (tertiary/aromatic N) is 3. The van der Waals surface area contributed by atoms with Crippen molar-refractivity contribution in [1.82, 2.24) is 4.98 Å². The van der Waals surface area contributed by atoms with Crippen LogP contribution in [0.1, 0.15) is 80.0 Å². The second-order valence-corrected chi connectivity index (χ2v) is 24.3. The lowest BCUT2D eigenvalue weighted by atomic mass is 9.95. The average molecular weight is 775 g/mol. The molecule has 2 aromatic rings. The summed E-state index contributed by atoms with van der Waals surface area (Å²) in [6, 6.07) is 10.5. The van der Waals surface area contributed by atoms with E-state index in [1.54, 1.807) is 59.7 Å². The first kappa shape index (κ1) is 39.4. The SMILES string of the molecule is CC[Si](CC)(CC)c1cc(Br)nc([C@]2(C)C[S@](=O)(=NCCOS(=O)(=O)c3ccc(C)cc3)C(C)(C)C(CC(=O)OC(C)(C)C)=N2)c1F. The molecule has 1 aliphatic rings. The molecule has 0 radical (unpaired) electrons. The predicted molar refractivity (Wildman–Crippen MR) is 193 cm³/mol. The van der Waals surface area contributed by atoms with Gasteiger partial charge in [-0.15, -0.1) is 0 Å². The highest BCUT2D eigenvalue weighted by Crippen LogP contribution is 2.41. The van der Waals surface area contributed by atoms with Gasteiger partial charge < -0.3 is 4.74 Å². The monoisotopic (exact) mass is 773 g/mol. The lowest BCUT2D eigenvalue weighted by molar-refractivity contribution is -0.153. The Bertz CT molecular complexity index is 1740. The number of pyridine rings is 1. The summed E-state index contributed by atoms with van der Waals surface area (Å²) in [5.41, 5.74) is -1.05. The number of esters is 1. The molecule has 1 aromatic carbocycles. The van der Waals surface area contributed by atoms with Crippen LogP contribution in [0.4, 0.5) is 4.39 Å². The van der Waals surface area contributed by atoms with Crippen molar-refractivity contribution in [2.24, 2.45) is 9.36 Å². The number of hydrogen-bond donors (Lipinski definition) is 0. The summed E-state index contributed by atoms with van der Waals surface area (Å²) >= 11 is 3.50. The Hall–Kier alpha value is -2.00. The lowest BCUT2D eigenvalue weighted by Gasteiger charge is -2.42. The fourth-order valence-corrected chi connectivity index (χ4v) is 13.8. The first-order chi connectivity index (χ1) is 21.6. The van der Waals surface area contributed by atoms with E-state index in [1.165, 1.54) is 12.1 Å². The fourth-order valence-electron chi connectivity index (χ4n) is 5.97. The molecular weight excluding hydrogens is 725 g/mol. The maximum Gasteiger partial charge on any atom is 0.312 e. The number of benzene rings is 1. The Morgan fingerprint density at radius 2 is 1.68 bits per heavy atom. The second kappa shape index (κ2) is 14.5. The van der Waals surface area contributed by atoms with E-state index in [9.17, 15) is 13.2 Å². The van der Waals surface area contributed by atoms with Crippen LogP contribution < -0.4 is 5.19 Å². The zero-order chi connectivity index (χ0) is 35.6. The van der Waals surface area contributed by atoms with Crippen LogP contribution in [0.2, 0.25) is 18.1 Å². The number of aromatic nitrogens is 1. The summed E-state index contributed by atoms with van der Waals surface area (Å²) in [7, 11) is -9.66. The minimum Gasteiger partial charge on any atom is -0.460 e. The van der Waals surface area contributed by atoms with Gasteiger partial charge in [-0.25, -0.2) is 17.9 Å². The molecule has 1 aliphatic heterocycles. The summed E-state index contributed by atoms with van der Waals surface area (Å²) in [4.78, 5) is 22.7. The Balaban J connectivity index is 2.15. The van der Waals surface area contributed by atoms with Crippen LogP contribution in [0.25, 0.3) is 0 Å². The van der Waals surface area contributed by atoms with Gasteiger partial charge in [0.15, 0.2) is 0 Å². The summed E-state index contributed by atoms with van der Waals surface area (Å²) < 4.78 is 72.0. The highest BCUT2D eigenvalue weighted by Gasteiger charge is 2.50. The van der Waals surface area contributed by atoms with Gasteiger partial charge in [-0.05, 0) is 87.8 Å². The van der Waals surface area contributed by atoms with E-state index in [2.05, 4.69) is 46.0 Å². The van der Waals surface area contributed by atoms with E-state index >= 15 is 8.60 Å². The van der Waals surface area contributed by atoms with Crippen molar-refractivity contribution in [2.75, 3.05) is 18.9 Å². The third-order valence-corrected chi connectivity index (χ3v) is 19.7. The highest BCUT2D eigenvalue weighted by molar-refractivity contribution is 9.10. The van der Waals surface area contributed by atoms with E-state index in [-0.39, 0.29) is 41.6 Å². The molecule has 0 saturated carbocycles. The molecule has 0 bridgehead atoms. The summed E-state index contributed by atoms with van der Waals surface area (Å²) in [5.74, 6) is -1.24. The number of aryl methyl sites for hydroxylation is 1. The van der Waals surface area contributed by atoms with Crippen LogP contribution in [0.5, 0.6) is 0 Å². The second-order valence-electron chi connectivity index (χ2n) is 13.8. The first-order valence-electron chi connectivity index (χ1n) is 15.9. The van der Waals surface area contributed by atoms with Crippen LogP contribution >= 0.6 is 15.9 Å². The summed E-state index contributed by atoms with van der Waals surface area (Å²) in [6.45, 7) is 17.8. The van der Waals surface area contributed by atoms with Gasteiger partial charge in [0.2, 0.25) is 0 Å². The van der Waals surface area contributed by atoms with Crippen LogP contribution in [0.15, 0.2) is 49.2 Å². The van der Waals surface area contributed by atoms with Gasteiger partial charge in [0.25, 0.3) is 10.1 Å². The molecule has 0 fully saturated rings. The minimum atomic E-state index is -4.07. The minimum absolute atomic E-state index is 0.00232. The smallest absolute Gasteiger partial charge is 0.312 e. The molecule has 0 N–H and O–H groups in total. The number of hydrogen-bond acceptors (Lipinski definition) is 9. The van der Waals surface area contributed by atoms with Crippen molar-refractivity contribution in [3.63, 3.8) is 0 Å². The molecule has 0 saturated heterocycles. The quantitative estimate of drug-likeness (QED) is 0.0744. The summed E-state index contributed by atoms with van der Waals surface area (Å²) in [6.07, 6.45) is -0.287. The molecule has 2 heterocycles. The molecule has 262 valence electrons. The molecule has 0 aliphatic carbocycles. The average Bonchev–Trinajstić information content (AvgIpc) is 2.96. The molecule has 2 atom stereocenters. The number of halogens is 2. The Morgan fingerprint density at radius 1 is 1.11 bits per heavy atom. The van der Waals surface area contributed by atoms with Crippen LogP contribution in [-0.4, -0.2) is 66.6 Å². The Morgan fingerprint density at radius 3 is 2.21 bits per heavy atom. The summed E-state index contributed by atoms with van der Waals surface area (Å²) in [5, 5.41) is 0.634. The Kier molecular flexibility index (Phi) is 12.1. The van der Waals surface area contributed by atoms with Crippen molar-refractivity contribution in [2.45, 2.75) is 115 Å². The molecule has 14 heteroatoms. The van der Waals surface area contributed by atoms with E-state index in [0.717, 1.165) is 23.7 Å². The molecular formula is C33H49BrFN3O6S2Si. The number of ether oxygens (including phenoxy) is 1. The van der Waals surface area contributed by atoms with E-state index < -0.39 is 55.6 Å². The van der Waals surface area contributed by atoms with Gasteiger partial charge in [0, 0.05) is 5.71 Å². The number of carbonyl (C=O) groups excluding carboxylic acids is 1. The van der Waals surface area contributed by atoms with Crippen LogP contribution in [-0.2, 0) is 39.1 Å². The van der Waals surface area contributed by atoms with Gasteiger partial charge in [0.1, 0.15) is 27.3 Å². The fraction of sp³-hybridized carbons (Fsp3) is 0.606. The third-order valence-electron chi connectivity index (χ3n) is 9.06. The third kappa shape index (κ3) is 8.60. The first-order valence-corrected chi connectivity index (χ1v) is 22.4. The number of aliphatic imine (C=N–C) groups is 1. The molecule has 47 heavy (non-hydrogen) atoms. The van der Waals surface area contributed by atoms with Crippen molar-refractivity contribution in [3.8, 4) is 0 Å². The lowest BCUT2D eigenvalue weighted by Crippen LogP contribution is -2.54. The van der Waals surface area contributed by atoms with Crippen molar-refractivity contribution in [3.05, 3.63) is 52.0 Å². The normalized spacial score (nSPS) is 21.7. The van der Waals surface area contributed by atoms with Gasteiger partial charge in [-0.1, -0.05) is 56.6 Å². The van der Waals surface area contributed by atoms with Crippen molar-refractivity contribution in [1.29, 1.82) is 0 Å². The maximum absolute atomic E-state index is 16.8. The highest BCUT2D eigenvalue weighted by atomic mass is 79.9. The molecule has 1 aromatic heterocycles. The Labute approximate surface area is 290 Å². The zero-order valence-electron chi connectivity index (χ0n) is 29.2. The largest absolute Gasteiger partial charge is 0.460 e. The van der Waals surface area contributed by atoms with E-state index in [1.807, 2.05) is 6.92 Å². The predicted octanol–water partition coefficient (Wildman–Crippen LogP) is 7.06. The van der Waals surface area contributed by atoms with Crippen molar-refractivity contribution >= 4 is 60.7 Å². The van der Waals surface area contributed by atoms with Crippen LogP contribution in [0.3, 0.4) is 0 Å². The van der Waals surface area contributed by atoms with Gasteiger partial charge in [-0.2, -0.15) is 8.42 Å². The van der Waals surface area contributed by atoms with Crippen LogP contribution in [0, 0.1) is 12.7 Å². The zero-order valence-corrected chi connectivity index (χ0v) is 33.4. The standard InChI is InChI=1S/C33H49BrFN3O6S2Si/c1-11-47(12-2,13-3)25-20-27(34)37-30(29(25)35)33(10)22-45(40,32(8,9)26(38-33)21-28(39)44-31(5,6)7)36-18-19-43-46(41,42)24-16-14-23(4)15-17-24/h14-17,20H,11-13,18-19,21-22H2,1-10H3/t33-,45+/m0/s1. The van der Waals surface area contributed by atoms with E-state index in [4.69, 9.17) is 13.9 Å². The van der Waals surface area contributed by atoms with Crippen molar-refractivity contribution < 1.29 is 30.7 Å². The van der Waals surface area contributed by atoms with E-state index in [0.29, 0.717) is 9.79 Å². The van der Waals surface area contributed by atoms with Gasteiger partial charge >= 0.3 is 5.97 Å². The number of carbonyl (C=O) groups is 1. The number of rotatable bonds is 12. The molecule has 0 spiro atoms. The molecule has 9 nitrogen and oxygen atoms in total. The van der Waals surface area contributed by atoms with Gasteiger partial charge in [0.05, 0.1) is 52.8 Å². The topological polar surface area (TPSA) is 124 Å². The van der Waals surface area contributed by atoms with Gasteiger partial charge in [-0.3, -0.25) is 14.0 Å². The molecule has 0 unspecified atom stereocenters. The molecule has 3 rings (SSSR count). The molecule has 0 amide bonds. The maximum atomic E-state index is 16.8.